The van der Waals surface area contributed by atoms with Crippen molar-refractivity contribution >= 4 is 23.4 Å². The van der Waals surface area contributed by atoms with Gasteiger partial charge >= 0.3 is 0 Å². The van der Waals surface area contributed by atoms with Gasteiger partial charge < -0.3 is 15.5 Å². The maximum Gasteiger partial charge on any atom is 0.243 e. The van der Waals surface area contributed by atoms with Gasteiger partial charge in [0.25, 0.3) is 0 Å². The Morgan fingerprint density at radius 2 is 1.93 bits per heavy atom. The molecule has 1 aliphatic rings. The van der Waals surface area contributed by atoms with Crippen LogP contribution in [0.15, 0.2) is 24.3 Å². The molecule has 7 heteroatoms. The Labute approximate surface area is 173 Å². The summed E-state index contributed by atoms with van der Waals surface area (Å²) in [7, 11) is 1.66. The molecule has 2 N–H and O–H groups in total. The molecule has 0 aliphatic carbocycles. The molecule has 1 aromatic carbocycles. The molecule has 1 aliphatic heterocycles. The van der Waals surface area contributed by atoms with Gasteiger partial charge in [-0.05, 0) is 44.4 Å². The molecule has 1 heterocycles. The average Bonchev–Trinajstić information content (AvgIpc) is 2.72. The van der Waals surface area contributed by atoms with Gasteiger partial charge in [0.1, 0.15) is 0 Å². The first-order valence-corrected chi connectivity index (χ1v) is 10.5. The fraction of sp³-hybridized carbons (Fsp3) is 0.591. The minimum atomic E-state index is -0.336. The van der Waals surface area contributed by atoms with E-state index in [1.54, 1.807) is 7.05 Å². The Hall–Kier alpha value is -2.41. The summed E-state index contributed by atoms with van der Waals surface area (Å²) in [4.78, 5) is 40.5. The molecular formula is C22H34N4O3. The molecule has 160 valence electrons. The third-order valence-corrected chi connectivity index (χ3v) is 5.47. The lowest BCUT2D eigenvalue weighted by Gasteiger charge is -2.37. The number of benzene rings is 1. The summed E-state index contributed by atoms with van der Waals surface area (Å²) < 4.78 is 0. The van der Waals surface area contributed by atoms with Crippen molar-refractivity contribution in [3.05, 3.63) is 29.8 Å². The molecule has 7 nitrogen and oxygen atoms in total. The number of nitrogens with zero attached hydrogens (tertiary/aromatic N) is 2. The molecule has 0 bridgehead atoms. The first-order valence-electron chi connectivity index (χ1n) is 10.5. The summed E-state index contributed by atoms with van der Waals surface area (Å²) in [6, 6.07) is 7.43. The second-order valence-corrected chi connectivity index (χ2v) is 7.68. The lowest BCUT2D eigenvalue weighted by molar-refractivity contribution is -0.138. The molecule has 1 fully saturated rings. The van der Waals surface area contributed by atoms with Crippen LogP contribution in [0.25, 0.3) is 0 Å². The van der Waals surface area contributed by atoms with Crippen LogP contribution in [-0.4, -0.2) is 66.3 Å². The predicted molar refractivity (Wildman–Crippen MR) is 115 cm³/mol. The number of aryl methyl sites for hydroxylation is 1. The molecule has 2 rings (SSSR count). The van der Waals surface area contributed by atoms with E-state index in [1.807, 2.05) is 45.0 Å². The van der Waals surface area contributed by atoms with Gasteiger partial charge in [-0.2, -0.15) is 0 Å². The van der Waals surface area contributed by atoms with E-state index >= 15 is 0 Å². The molecule has 0 spiro atoms. The summed E-state index contributed by atoms with van der Waals surface area (Å²) in [5.74, 6) is -0.260. The van der Waals surface area contributed by atoms with Crippen LogP contribution in [0.5, 0.6) is 0 Å². The number of likely N-dealkylation sites (N-methyl/N-ethyl adjacent to an activating group) is 1. The Morgan fingerprint density at radius 3 is 2.62 bits per heavy atom. The van der Waals surface area contributed by atoms with E-state index < -0.39 is 0 Å². The van der Waals surface area contributed by atoms with Gasteiger partial charge in [-0.15, -0.1) is 0 Å². The fourth-order valence-electron chi connectivity index (χ4n) is 3.71. The van der Waals surface area contributed by atoms with Crippen molar-refractivity contribution in [1.29, 1.82) is 0 Å². The van der Waals surface area contributed by atoms with Crippen molar-refractivity contribution in [2.24, 2.45) is 0 Å². The number of hydrogen-bond acceptors (Lipinski definition) is 4. The zero-order valence-electron chi connectivity index (χ0n) is 18.0. The van der Waals surface area contributed by atoms with Crippen molar-refractivity contribution in [3.63, 3.8) is 0 Å². The largest absolute Gasteiger partial charge is 0.352 e. The molecule has 0 saturated carbocycles. The smallest absolute Gasteiger partial charge is 0.243 e. The number of para-hydroxylation sites is 1. The fourth-order valence-corrected chi connectivity index (χ4v) is 3.71. The summed E-state index contributed by atoms with van der Waals surface area (Å²) in [5, 5.41) is 5.93. The molecular weight excluding hydrogens is 368 g/mol. The summed E-state index contributed by atoms with van der Waals surface area (Å²) in [5.41, 5.74) is 1.86. The number of amides is 3. The maximum absolute atomic E-state index is 12.9. The second kappa shape index (κ2) is 11.0. The number of rotatable bonds is 8. The lowest BCUT2D eigenvalue weighted by atomic mass is 10.0. The standard InChI is InChI=1S/C22H34N4O3/c1-5-17-10-7-8-12-19(17)24-21(28)15-25(4)22(29)16(3)26-13-9-11-18(14-26)23-20(27)6-2/h7-8,10,12,16,18H,5-6,9,11,13-15H2,1-4H3,(H,23,27)(H,24,28). The van der Waals surface area contributed by atoms with E-state index in [0.29, 0.717) is 13.0 Å². The number of hydrogen-bond donors (Lipinski definition) is 2. The van der Waals surface area contributed by atoms with Crippen LogP contribution >= 0.6 is 0 Å². The highest BCUT2D eigenvalue weighted by Gasteiger charge is 2.30. The highest BCUT2D eigenvalue weighted by atomic mass is 16.2. The molecule has 29 heavy (non-hydrogen) atoms. The average molecular weight is 403 g/mol. The van der Waals surface area contributed by atoms with E-state index in [2.05, 4.69) is 15.5 Å². The van der Waals surface area contributed by atoms with Crippen molar-refractivity contribution in [3.8, 4) is 0 Å². The molecule has 1 saturated heterocycles. The first kappa shape index (κ1) is 22.9. The predicted octanol–water partition coefficient (Wildman–Crippen LogP) is 2.02. The van der Waals surface area contributed by atoms with Gasteiger partial charge in [0.2, 0.25) is 17.7 Å². The summed E-state index contributed by atoms with van der Waals surface area (Å²) in [6.45, 7) is 7.22. The van der Waals surface area contributed by atoms with E-state index in [0.717, 1.165) is 37.1 Å². The monoisotopic (exact) mass is 402 g/mol. The molecule has 0 radical (unpaired) electrons. The summed E-state index contributed by atoms with van der Waals surface area (Å²) >= 11 is 0. The number of likely N-dealkylation sites (tertiary alicyclic amines) is 1. The van der Waals surface area contributed by atoms with E-state index in [-0.39, 0.29) is 36.3 Å². The normalized spacial score (nSPS) is 18.0. The van der Waals surface area contributed by atoms with Crippen molar-refractivity contribution in [2.75, 3.05) is 32.0 Å². The van der Waals surface area contributed by atoms with Crippen LogP contribution in [0.1, 0.15) is 45.6 Å². The lowest BCUT2D eigenvalue weighted by Crippen LogP contribution is -2.54. The highest BCUT2D eigenvalue weighted by molar-refractivity contribution is 5.95. The van der Waals surface area contributed by atoms with Gasteiger partial charge in [-0.3, -0.25) is 19.3 Å². The van der Waals surface area contributed by atoms with Crippen molar-refractivity contribution < 1.29 is 14.4 Å². The summed E-state index contributed by atoms with van der Waals surface area (Å²) in [6.07, 6.45) is 3.15. The van der Waals surface area contributed by atoms with Crippen LogP contribution in [0.3, 0.4) is 0 Å². The van der Waals surface area contributed by atoms with Gasteiger partial charge in [-0.25, -0.2) is 0 Å². The molecule has 2 unspecified atom stereocenters. The van der Waals surface area contributed by atoms with Gasteiger partial charge in [0.15, 0.2) is 0 Å². The molecule has 3 amide bonds. The zero-order chi connectivity index (χ0) is 21.4. The minimum absolute atomic E-state index is 0.00502. The number of piperidine rings is 1. The molecule has 2 atom stereocenters. The van der Waals surface area contributed by atoms with Crippen LogP contribution in [0.2, 0.25) is 0 Å². The zero-order valence-corrected chi connectivity index (χ0v) is 18.0. The van der Waals surface area contributed by atoms with Gasteiger partial charge in [0, 0.05) is 31.7 Å². The Kier molecular flexibility index (Phi) is 8.64. The third kappa shape index (κ3) is 6.56. The van der Waals surface area contributed by atoms with Crippen LogP contribution < -0.4 is 10.6 Å². The Bertz CT molecular complexity index is 722. The third-order valence-electron chi connectivity index (χ3n) is 5.47. The van der Waals surface area contributed by atoms with E-state index in [1.165, 1.54) is 4.90 Å². The van der Waals surface area contributed by atoms with Crippen molar-refractivity contribution in [1.82, 2.24) is 15.1 Å². The Balaban J connectivity index is 1.89. The van der Waals surface area contributed by atoms with E-state index in [4.69, 9.17) is 0 Å². The SMILES string of the molecule is CCC(=O)NC1CCCN(C(C)C(=O)N(C)CC(=O)Nc2ccccc2CC)C1. The number of carbonyl (C=O) groups excluding carboxylic acids is 3. The second-order valence-electron chi connectivity index (χ2n) is 7.68. The Morgan fingerprint density at radius 1 is 1.21 bits per heavy atom. The molecule has 0 aromatic heterocycles. The molecule has 1 aromatic rings. The van der Waals surface area contributed by atoms with Crippen LogP contribution in [0, 0.1) is 0 Å². The maximum atomic E-state index is 12.9. The minimum Gasteiger partial charge on any atom is -0.352 e. The highest BCUT2D eigenvalue weighted by Crippen LogP contribution is 2.16. The van der Waals surface area contributed by atoms with Crippen LogP contribution in [0.4, 0.5) is 5.69 Å². The van der Waals surface area contributed by atoms with Crippen molar-refractivity contribution in [2.45, 2.75) is 58.5 Å². The van der Waals surface area contributed by atoms with Gasteiger partial charge in [-0.1, -0.05) is 32.0 Å². The van der Waals surface area contributed by atoms with Crippen LogP contribution in [-0.2, 0) is 20.8 Å². The van der Waals surface area contributed by atoms with E-state index in [9.17, 15) is 14.4 Å². The number of nitrogens with one attached hydrogen (secondary N) is 2. The topological polar surface area (TPSA) is 81.8 Å². The first-order chi connectivity index (χ1) is 13.8. The number of carbonyl (C=O) groups is 3. The quantitative estimate of drug-likeness (QED) is 0.697. The van der Waals surface area contributed by atoms with Gasteiger partial charge in [0.05, 0.1) is 12.6 Å². The number of anilines is 1.